The Kier molecular flexibility index (Phi) is 7.86. The van der Waals surface area contributed by atoms with Crippen LogP contribution in [0, 0.1) is 5.82 Å². The van der Waals surface area contributed by atoms with Gasteiger partial charge in [-0.15, -0.1) is 11.3 Å². The van der Waals surface area contributed by atoms with Gasteiger partial charge in [-0.2, -0.15) is 4.31 Å². The summed E-state index contributed by atoms with van der Waals surface area (Å²) in [5.41, 5.74) is 1.64. The lowest BCUT2D eigenvalue weighted by Crippen LogP contribution is -2.51. The SMILES string of the molecule is COC(=O)c1c(NC(=S)N2CCN(S(=O)(=O)c3ccc(F)cc3)CC2)sc2c1CCCCCC2. The molecule has 2 aromatic rings. The smallest absolute Gasteiger partial charge is 0.341 e. The first-order chi connectivity index (χ1) is 16.3. The van der Waals surface area contributed by atoms with E-state index >= 15 is 0 Å². The number of carbonyl (C=O) groups excluding carboxylic acids is 1. The lowest BCUT2D eigenvalue weighted by Gasteiger charge is -2.35. The molecular formula is C23H28FN3O4S3. The maximum atomic E-state index is 13.2. The predicted molar refractivity (Wildman–Crippen MR) is 134 cm³/mol. The molecule has 4 rings (SSSR count). The van der Waals surface area contributed by atoms with Crippen LogP contribution in [0.3, 0.4) is 0 Å². The van der Waals surface area contributed by atoms with Gasteiger partial charge < -0.3 is 15.0 Å². The molecular weight excluding hydrogens is 497 g/mol. The third kappa shape index (κ3) is 5.27. The van der Waals surface area contributed by atoms with Gasteiger partial charge in [-0.3, -0.25) is 0 Å². The number of methoxy groups -OCH3 is 1. The second kappa shape index (κ2) is 10.7. The Morgan fingerprint density at radius 1 is 1.06 bits per heavy atom. The Labute approximate surface area is 208 Å². The monoisotopic (exact) mass is 525 g/mol. The number of halogens is 1. The number of sulfonamides is 1. The Balaban J connectivity index is 1.45. The van der Waals surface area contributed by atoms with E-state index < -0.39 is 15.8 Å². The van der Waals surface area contributed by atoms with Crippen LogP contribution in [0.2, 0.25) is 0 Å². The van der Waals surface area contributed by atoms with Crippen molar-refractivity contribution in [1.29, 1.82) is 0 Å². The van der Waals surface area contributed by atoms with Crippen LogP contribution in [0.1, 0.15) is 46.5 Å². The number of thiocarbonyl (C=S) groups is 1. The van der Waals surface area contributed by atoms with Gasteiger partial charge in [0.15, 0.2) is 5.11 Å². The van der Waals surface area contributed by atoms with Gasteiger partial charge >= 0.3 is 5.97 Å². The number of piperazine rings is 1. The number of hydrogen-bond acceptors (Lipinski definition) is 6. The normalized spacial score (nSPS) is 17.4. The summed E-state index contributed by atoms with van der Waals surface area (Å²) in [7, 11) is -2.31. The van der Waals surface area contributed by atoms with Gasteiger partial charge in [0, 0.05) is 31.1 Å². The Bertz CT molecular complexity index is 1160. The summed E-state index contributed by atoms with van der Waals surface area (Å²) < 4.78 is 45.4. The fourth-order valence-corrected chi connectivity index (χ4v) is 7.44. The van der Waals surface area contributed by atoms with E-state index in [1.165, 1.54) is 34.8 Å². The predicted octanol–water partition coefficient (Wildman–Crippen LogP) is 4.04. The van der Waals surface area contributed by atoms with Gasteiger partial charge in [-0.05, 0) is 67.7 Å². The largest absolute Gasteiger partial charge is 0.465 e. The van der Waals surface area contributed by atoms with Crippen molar-refractivity contribution < 1.29 is 22.3 Å². The van der Waals surface area contributed by atoms with Crippen molar-refractivity contribution in [2.45, 2.75) is 43.4 Å². The fourth-order valence-electron chi connectivity index (χ4n) is 4.39. The van der Waals surface area contributed by atoms with Crippen molar-refractivity contribution in [2.75, 3.05) is 38.6 Å². The van der Waals surface area contributed by atoms with Gasteiger partial charge in [-0.25, -0.2) is 17.6 Å². The standard InChI is InChI=1S/C23H28FN3O4S3/c1-31-22(28)20-18-6-4-2-3-5-7-19(18)33-21(20)25-23(32)26-12-14-27(15-13-26)34(29,30)17-10-8-16(24)9-11-17/h8-11H,2-7,12-15H2,1H3,(H,25,32). The second-order valence-corrected chi connectivity index (χ2v) is 11.8. The van der Waals surface area contributed by atoms with Crippen LogP contribution < -0.4 is 5.32 Å². The maximum absolute atomic E-state index is 13.2. The van der Waals surface area contributed by atoms with Gasteiger partial charge in [0.2, 0.25) is 10.0 Å². The number of hydrogen-bond donors (Lipinski definition) is 1. The lowest BCUT2D eigenvalue weighted by molar-refractivity contribution is 0.0601. The minimum absolute atomic E-state index is 0.0711. The number of fused-ring (bicyclic) bond motifs is 1. The first-order valence-electron chi connectivity index (χ1n) is 11.4. The minimum atomic E-state index is -3.70. The summed E-state index contributed by atoms with van der Waals surface area (Å²) >= 11 is 7.19. The van der Waals surface area contributed by atoms with Crippen molar-refractivity contribution in [3.8, 4) is 0 Å². The molecule has 0 radical (unpaired) electrons. The molecule has 34 heavy (non-hydrogen) atoms. The van der Waals surface area contributed by atoms with Crippen molar-refractivity contribution in [2.24, 2.45) is 0 Å². The van der Waals surface area contributed by atoms with Gasteiger partial charge in [0.25, 0.3) is 0 Å². The van der Waals surface area contributed by atoms with E-state index in [4.69, 9.17) is 17.0 Å². The summed E-state index contributed by atoms with van der Waals surface area (Å²) in [5.74, 6) is -0.841. The van der Waals surface area contributed by atoms with Crippen LogP contribution in [-0.4, -0.2) is 62.0 Å². The molecule has 0 unspecified atom stereocenters. The molecule has 0 spiro atoms. The van der Waals surface area contributed by atoms with Crippen molar-refractivity contribution in [1.82, 2.24) is 9.21 Å². The third-order valence-corrected chi connectivity index (χ3v) is 9.74. The zero-order valence-electron chi connectivity index (χ0n) is 19.0. The maximum Gasteiger partial charge on any atom is 0.341 e. The third-order valence-electron chi connectivity index (χ3n) is 6.26. The molecule has 2 aliphatic rings. The second-order valence-electron chi connectivity index (χ2n) is 8.39. The Morgan fingerprint density at radius 3 is 2.35 bits per heavy atom. The van der Waals surface area contributed by atoms with Crippen LogP contribution >= 0.6 is 23.6 Å². The molecule has 184 valence electrons. The number of esters is 1. The highest BCUT2D eigenvalue weighted by Gasteiger charge is 2.31. The number of benzene rings is 1. The zero-order chi connectivity index (χ0) is 24.3. The van der Waals surface area contributed by atoms with Crippen LogP contribution in [0.15, 0.2) is 29.2 Å². The fraction of sp³-hybridized carbons (Fsp3) is 0.478. The average molecular weight is 526 g/mol. The molecule has 11 heteroatoms. The first-order valence-corrected chi connectivity index (χ1v) is 14.0. The van der Waals surface area contributed by atoms with Crippen LogP contribution in [0.25, 0.3) is 0 Å². The number of rotatable bonds is 4. The summed E-state index contributed by atoms with van der Waals surface area (Å²) in [6, 6.07) is 4.85. The highest BCUT2D eigenvalue weighted by molar-refractivity contribution is 7.89. The number of aryl methyl sites for hydroxylation is 1. The van der Waals surface area contributed by atoms with E-state index in [-0.39, 0.29) is 24.0 Å². The Morgan fingerprint density at radius 2 is 1.71 bits per heavy atom. The van der Waals surface area contributed by atoms with Gasteiger partial charge in [0.05, 0.1) is 17.6 Å². The molecule has 1 N–H and O–H groups in total. The van der Waals surface area contributed by atoms with Crippen molar-refractivity contribution in [3.63, 3.8) is 0 Å². The van der Waals surface area contributed by atoms with E-state index in [2.05, 4.69) is 5.32 Å². The molecule has 1 saturated heterocycles. The molecule has 1 aromatic heterocycles. The molecule has 1 aromatic carbocycles. The van der Waals surface area contributed by atoms with Crippen LogP contribution in [0.5, 0.6) is 0 Å². The summed E-state index contributed by atoms with van der Waals surface area (Å²) in [6.45, 7) is 1.33. The molecule has 0 saturated carbocycles. The van der Waals surface area contributed by atoms with E-state index in [1.807, 2.05) is 4.90 Å². The van der Waals surface area contributed by atoms with E-state index in [0.717, 1.165) is 49.8 Å². The van der Waals surface area contributed by atoms with Crippen LogP contribution in [-0.2, 0) is 27.6 Å². The summed E-state index contributed by atoms with van der Waals surface area (Å²) in [4.78, 5) is 15.8. The first kappa shape index (κ1) is 25.0. The van der Waals surface area contributed by atoms with Gasteiger partial charge in [-0.1, -0.05) is 12.8 Å². The number of nitrogens with zero attached hydrogens (tertiary/aromatic N) is 2. The number of nitrogens with one attached hydrogen (secondary N) is 1. The van der Waals surface area contributed by atoms with Crippen molar-refractivity contribution in [3.05, 3.63) is 46.1 Å². The summed E-state index contributed by atoms with van der Waals surface area (Å²) in [6.07, 6.45) is 6.28. The molecule has 0 atom stereocenters. The quantitative estimate of drug-likeness (QED) is 0.477. The average Bonchev–Trinajstić information content (AvgIpc) is 3.14. The molecule has 1 fully saturated rings. The molecule has 0 bridgehead atoms. The number of thiophene rings is 1. The number of anilines is 1. The van der Waals surface area contributed by atoms with Gasteiger partial charge in [0.1, 0.15) is 10.8 Å². The Hall–Kier alpha value is -2.08. The number of carbonyl (C=O) groups is 1. The van der Waals surface area contributed by atoms with Crippen LogP contribution in [0.4, 0.5) is 9.39 Å². The molecule has 1 aliphatic carbocycles. The van der Waals surface area contributed by atoms with E-state index in [1.54, 1.807) is 11.3 Å². The van der Waals surface area contributed by atoms with E-state index in [9.17, 15) is 17.6 Å². The van der Waals surface area contributed by atoms with Crippen molar-refractivity contribution >= 4 is 49.7 Å². The molecule has 1 aliphatic heterocycles. The van der Waals surface area contributed by atoms with E-state index in [0.29, 0.717) is 28.8 Å². The summed E-state index contributed by atoms with van der Waals surface area (Å²) in [5, 5.41) is 4.41. The number of ether oxygens (including phenoxy) is 1. The topological polar surface area (TPSA) is 79.0 Å². The highest BCUT2D eigenvalue weighted by Crippen LogP contribution is 2.37. The highest BCUT2D eigenvalue weighted by atomic mass is 32.2. The molecule has 7 nitrogen and oxygen atoms in total. The molecule has 2 heterocycles. The molecule has 0 amide bonds. The zero-order valence-corrected chi connectivity index (χ0v) is 21.5. The lowest BCUT2D eigenvalue weighted by atomic mass is 9.96. The minimum Gasteiger partial charge on any atom is -0.465 e.